The van der Waals surface area contributed by atoms with E-state index in [-0.39, 0.29) is 6.61 Å². The van der Waals surface area contributed by atoms with E-state index in [2.05, 4.69) is 24.1 Å². The number of aliphatic hydroxyl groups excluding tert-OH is 1. The molecular weight excluding hydrogens is 214 g/mol. The molecule has 1 fully saturated rings. The minimum absolute atomic E-state index is 0.0684. The zero-order chi connectivity index (χ0) is 12.1. The first-order valence-electron chi connectivity index (χ1n) is 6.32. The fraction of sp³-hybridized carbons (Fsp3) is 0.571. The van der Waals surface area contributed by atoms with E-state index in [9.17, 15) is 0 Å². The highest BCUT2D eigenvalue weighted by molar-refractivity contribution is 5.36. The molecule has 1 aliphatic rings. The van der Waals surface area contributed by atoms with Crippen LogP contribution in [0.3, 0.4) is 0 Å². The molecule has 0 spiro atoms. The second-order valence-corrected chi connectivity index (χ2v) is 4.71. The van der Waals surface area contributed by atoms with E-state index in [1.165, 1.54) is 24.9 Å². The number of benzene rings is 1. The zero-order valence-electron chi connectivity index (χ0n) is 10.4. The molecule has 1 aromatic rings. The maximum atomic E-state index is 8.84. The first-order valence-corrected chi connectivity index (χ1v) is 6.32. The fourth-order valence-electron chi connectivity index (χ4n) is 2.53. The van der Waals surface area contributed by atoms with Crippen molar-refractivity contribution in [1.29, 1.82) is 0 Å². The van der Waals surface area contributed by atoms with E-state index in [4.69, 9.17) is 9.84 Å². The number of piperidine rings is 1. The molecule has 0 saturated carbocycles. The predicted octanol–water partition coefficient (Wildman–Crippen LogP) is 1.87. The van der Waals surface area contributed by atoms with Crippen LogP contribution in [0.2, 0.25) is 0 Å². The molecule has 1 N–H and O–H groups in total. The van der Waals surface area contributed by atoms with Crippen molar-refractivity contribution in [3.63, 3.8) is 0 Å². The summed E-state index contributed by atoms with van der Waals surface area (Å²) in [5.74, 6) is 1.49. The van der Waals surface area contributed by atoms with Gasteiger partial charge in [0.1, 0.15) is 12.4 Å². The summed E-state index contributed by atoms with van der Waals surface area (Å²) < 4.78 is 5.61. The maximum Gasteiger partial charge on any atom is 0.122 e. The number of ether oxygens (including phenoxy) is 1. The van der Waals surface area contributed by atoms with E-state index in [0.717, 1.165) is 12.3 Å². The smallest absolute Gasteiger partial charge is 0.122 e. The number of para-hydroxylation sites is 1. The van der Waals surface area contributed by atoms with Gasteiger partial charge in [0.15, 0.2) is 0 Å². The molecule has 1 aliphatic heterocycles. The summed E-state index contributed by atoms with van der Waals surface area (Å²) in [6, 6.07) is 8.20. The van der Waals surface area contributed by atoms with Crippen molar-refractivity contribution in [2.75, 3.05) is 33.4 Å². The van der Waals surface area contributed by atoms with Crippen LogP contribution in [-0.4, -0.2) is 43.4 Å². The highest BCUT2D eigenvalue weighted by Gasteiger charge is 2.21. The van der Waals surface area contributed by atoms with Gasteiger partial charge < -0.3 is 14.7 Å². The van der Waals surface area contributed by atoms with Crippen LogP contribution >= 0.6 is 0 Å². The second kappa shape index (κ2) is 6.03. The Labute approximate surface area is 103 Å². The summed E-state index contributed by atoms with van der Waals surface area (Å²) in [5, 5.41) is 8.84. The van der Waals surface area contributed by atoms with Crippen molar-refractivity contribution in [3.8, 4) is 5.75 Å². The van der Waals surface area contributed by atoms with Crippen molar-refractivity contribution >= 4 is 0 Å². The molecular formula is C14H21NO2. The molecule has 17 heavy (non-hydrogen) atoms. The van der Waals surface area contributed by atoms with E-state index in [1.807, 2.05) is 12.1 Å². The molecule has 2 rings (SSSR count). The van der Waals surface area contributed by atoms with Crippen LogP contribution in [0.5, 0.6) is 5.75 Å². The highest BCUT2D eigenvalue weighted by Crippen LogP contribution is 2.32. The lowest BCUT2D eigenvalue weighted by molar-refractivity contribution is 0.196. The Morgan fingerprint density at radius 2 is 2.24 bits per heavy atom. The van der Waals surface area contributed by atoms with Gasteiger partial charge in [-0.2, -0.15) is 0 Å². The molecule has 0 radical (unpaired) electrons. The van der Waals surface area contributed by atoms with Crippen LogP contribution in [0.1, 0.15) is 24.3 Å². The van der Waals surface area contributed by atoms with Gasteiger partial charge >= 0.3 is 0 Å². The number of hydrogen-bond acceptors (Lipinski definition) is 3. The van der Waals surface area contributed by atoms with Crippen molar-refractivity contribution < 1.29 is 9.84 Å². The monoisotopic (exact) mass is 235 g/mol. The summed E-state index contributed by atoms with van der Waals surface area (Å²) in [6.45, 7) is 2.73. The lowest BCUT2D eigenvalue weighted by Gasteiger charge is -2.30. The van der Waals surface area contributed by atoms with Gasteiger partial charge in [-0.25, -0.2) is 0 Å². The first-order chi connectivity index (χ1) is 8.31. The Balaban J connectivity index is 2.12. The first kappa shape index (κ1) is 12.4. The Morgan fingerprint density at radius 1 is 1.41 bits per heavy atom. The summed E-state index contributed by atoms with van der Waals surface area (Å²) in [4.78, 5) is 2.37. The third-order valence-corrected chi connectivity index (χ3v) is 3.33. The Bertz CT molecular complexity index is 354. The summed E-state index contributed by atoms with van der Waals surface area (Å²) in [7, 11) is 2.17. The average Bonchev–Trinajstić information content (AvgIpc) is 2.37. The second-order valence-electron chi connectivity index (χ2n) is 4.71. The number of hydrogen-bond donors (Lipinski definition) is 1. The number of rotatable bonds is 4. The molecule has 0 amide bonds. The van der Waals surface area contributed by atoms with E-state index in [0.29, 0.717) is 12.5 Å². The van der Waals surface area contributed by atoms with Crippen LogP contribution in [0.4, 0.5) is 0 Å². The van der Waals surface area contributed by atoms with E-state index >= 15 is 0 Å². The summed E-state index contributed by atoms with van der Waals surface area (Å²) in [5.41, 5.74) is 1.28. The van der Waals surface area contributed by atoms with Crippen LogP contribution in [0, 0.1) is 0 Å². The van der Waals surface area contributed by atoms with Gasteiger partial charge in [0.2, 0.25) is 0 Å². The minimum atomic E-state index is 0.0684. The van der Waals surface area contributed by atoms with Crippen molar-refractivity contribution in [3.05, 3.63) is 29.8 Å². The molecule has 1 heterocycles. The normalized spacial score (nSPS) is 21.4. The minimum Gasteiger partial charge on any atom is -0.491 e. The van der Waals surface area contributed by atoms with E-state index < -0.39 is 0 Å². The maximum absolute atomic E-state index is 8.84. The van der Waals surface area contributed by atoms with Gasteiger partial charge in [-0.15, -0.1) is 0 Å². The third kappa shape index (κ3) is 3.20. The number of likely N-dealkylation sites (tertiary alicyclic amines) is 1. The molecule has 94 valence electrons. The SMILES string of the molecule is CN1CCCC(c2ccccc2OCCO)C1. The zero-order valence-corrected chi connectivity index (χ0v) is 10.4. The Hall–Kier alpha value is -1.06. The molecule has 3 nitrogen and oxygen atoms in total. The highest BCUT2D eigenvalue weighted by atomic mass is 16.5. The molecule has 3 heteroatoms. The largest absolute Gasteiger partial charge is 0.491 e. The number of likely N-dealkylation sites (N-methyl/N-ethyl adjacent to an activating group) is 1. The number of nitrogens with zero attached hydrogens (tertiary/aromatic N) is 1. The lowest BCUT2D eigenvalue weighted by atomic mass is 9.90. The molecule has 0 aromatic heterocycles. The van der Waals surface area contributed by atoms with Crippen LogP contribution in [0.25, 0.3) is 0 Å². The van der Waals surface area contributed by atoms with Gasteiger partial charge in [0, 0.05) is 12.5 Å². The molecule has 1 unspecified atom stereocenters. The molecule has 0 aliphatic carbocycles. The topological polar surface area (TPSA) is 32.7 Å². The molecule has 1 atom stereocenters. The van der Waals surface area contributed by atoms with Crippen LogP contribution in [-0.2, 0) is 0 Å². The molecule has 1 saturated heterocycles. The summed E-state index contributed by atoms with van der Waals surface area (Å²) >= 11 is 0. The quantitative estimate of drug-likeness (QED) is 0.864. The van der Waals surface area contributed by atoms with Crippen LogP contribution in [0.15, 0.2) is 24.3 Å². The standard InChI is InChI=1S/C14H21NO2/c1-15-8-4-5-12(11-15)13-6-2-3-7-14(13)17-10-9-16/h2-3,6-7,12,16H,4-5,8-11H2,1H3. The number of aliphatic hydroxyl groups is 1. The lowest BCUT2D eigenvalue weighted by Crippen LogP contribution is -2.31. The van der Waals surface area contributed by atoms with Gasteiger partial charge in [0.25, 0.3) is 0 Å². The van der Waals surface area contributed by atoms with Gasteiger partial charge in [-0.3, -0.25) is 0 Å². The average molecular weight is 235 g/mol. The predicted molar refractivity (Wildman–Crippen MR) is 68.5 cm³/mol. The Morgan fingerprint density at radius 3 is 3.00 bits per heavy atom. The molecule has 1 aromatic carbocycles. The third-order valence-electron chi connectivity index (χ3n) is 3.33. The van der Waals surface area contributed by atoms with Gasteiger partial charge in [0.05, 0.1) is 6.61 Å². The van der Waals surface area contributed by atoms with Gasteiger partial charge in [-0.05, 0) is 38.1 Å². The summed E-state index contributed by atoms with van der Waals surface area (Å²) in [6.07, 6.45) is 2.47. The van der Waals surface area contributed by atoms with Crippen molar-refractivity contribution in [2.24, 2.45) is 0 Å². The fourth-order valence-corrected chi connectivity index (χ4v) is 2.53. The van der Waals surface area contributed by atoms with Gasteiger partial charge in [-0.1, -0.05) is 18.2 Å². The molecule has 0 bridgehead atoms. The Kier molecular flexibility index (Phi) is 4.40. The van der Waals surface area contributed by atoms with E-state index in [1.54, 1.807) is 0 Å². The van der Waals surface area contributed by atoms with Crippen LogP contribution < -0.4 is 4.74 Å². The van der Waals surface area contributed by atoms with Crippen molar-refractivity contribution in [2.45, 2.75) is 18.8 Å². The van der Waals surface area contributed by atoms with Crippen molar-refractivity contribution in [1.82, 2.24) is 4.90 Å².